The number of nitrogens with zero attached hydrogens (tertiary/aromatic N) is 1. The number of carbonyl (C=O) groups is 2. The van der Waals surface area contributed by atoms with E-state index in [1.807, 2.05) is 0 Å². The quantitative estimate of drug-likeness (QED) is 0.282. The van der Waals surface area contributed by atoms with Gasteiger partial charge in [-0.3, -0.25) is 0 Å². The van der Waals surface area contributed by atoms with E-state index in [-0.39, 0.29) is 29.2 Å². The first kappa shape index (κ1) is 22.3. The van der Waals surface area contributed by atoms with Crippen LogP contribution in [-0.4, -0.2) is 39.9 Å². The van der Waals surface area contributed by atoms with Crippen molar-refractivity contribution in [1.29, 1.82) is 5.26 Å². The van der Waals surface area contributed by atoms with Crippen LogP contribution in [0.25, 0.3) is 6.08 Å². The number of hydrogen-bond acceptors (Lipinski definition) is 8. The number of rotatable bonds is 8. The predicted molar refractivity (Wildman–Crippen MR) is 108 cm³/mol. The van der Waals surface area contributed by atoms with Crippen molar-refractivity contribution in [2.75, 3.05) is 27.9 Å². The second-order valence-electron chi connectivity index (χ2n) is 5.76. The van der Waals surface area contributed by atoms with Gasteiger partial charge in [0.25, 0.3) is 0 Å². The summed E-state index contributed by atoms with van der Waals surface area (Å²) in [7, 11) is 4.37. The van der Waals surface area contributed by atoms with Crippen LogP contribution in [0.3, 0.4) is 0 Å². The first-order valence-electron chi connectivity index (χ1n) is 8.88. The molecule has 8 nitrogen and oxygen atoms in total. The van der Waals surface area contributed by atoms with Crippen molar-refractivity contribution in [2.45, 2.75) is 6.92 Å². The third-order valence-corrected chi connectivity index (χ3v) is 3.94. The van der Waals surface area contributed by atoms with Crippen molar-refractivity contribution in [1.82, 2.24) is 0 Å². The molecule has 0 unspecified atom stereocenters. The van der Waals surface area contributed by atoms with Crippen LogP contribution < -0.4 is 18.9 Å². The topological polar surface area (TPSA) is 104 Å². The third kappa shape index (κ3) is 5.29. The van der Waals surface area contributed by atoms with Crippen LogP contribution in [0.15, 0.2) is 42.0 Å². The summed E-state index contributed by atoms with van der Waals surface area (Å²) in [4.78, 5) is 24.3. The number of nitriles is 1. The molecule has 30 heavy (non-hydrogen) atoms. The molecule has 0 saturated heterocycles. The normalized spacial score (nSPS) is 10.6. The third-order valence-electron chi connectivity index (χ3n) is 3.94. The maximum Gasteiger partial charge on any atom is 0.348 e. The van der Waals surface area contributed by atoms with E-state index in [4.69, 9.17) is 28.9 Å². The number of methoxy groups -OCH3 is 3. The van der Waals surface area contributed by atoms with Gasteiger partial charge in [0.05, 0.1) is 33.5 Å². The molecule has 0 amide bonds. The number of ether oxygens (including phenoxy) is 5. The molecule has 2 rings (SSSR count). The van der Waals surface area contributed by atoms with Crippen molar-refractivity contribution in [3.63, 3.8) is 0 Å². The molecule has 0 aliphatic rings. The van der Waals surface area contributed by atoms with Gasteiger partial charge in [0.2, 0.25) is 0 Å². The molecule has 0 aliphatic heterocycles. The molecule has 0 spiro atoms. The molecule has 0 fully saturated rings. The van der Waals surface area contributed by atoms with Crippen LogP contribution in [0.1, 0.15) is 22.8 Å². The molecule has 8 heteroatoms. The summed E-state index contributed by atoms with van der Waals surface area (Å²) in [5.41, 5.74) is 0.601. The van der Waals surface area contributed by atoms with Gasteiger partial charge in [-0.2, -0.15) is 5.26 Å². The molecule has 0 aliphatic carbocycles. The Morgan fingerprint density at radius 3 is 2.17 bits per heavy atom. The first-order valence-corrected chi connectivity index (χ1v) is 8.88. The van der Waals surface area contributed by atoms with Crippen LogP contribution in [0.4, 0.5) is 0 Å². The zero-order valence-corrected chi connectivity index (χ0v) is 17.1. The van der Waals surface area contributed by atoms with Crippen molar-refractivity contribution in [3.05, 3.63) is 53.1 Å². The molecule has 0 atom stereocenters. The van der Waals surface area contributed by atoms with E-state index in [0.29, 0.717) is 17.1 Å². The molecular formula is C22H21NO7. The van der Waals surface area contributed by atoms with E-state index in [2.05, 4.69) is 0 Å². The number of benzene rings is 2. The Labute approximate surface area is 174 Å². The van der Waals surface area contributed by atoms with Crippen molar-refractivity contribution >= 4 is 18.0 Å². The van der Waals surface area contributed by atoms with Crippen molar-refractivity contribution in [2.24, 2.45) is 0 Å². The highest BCUT2D eigenvalue weighted by atomic mass is 16.6. The molecule has 0 heterocycles. The summed E-state index contributed by atoms with van der Waals surface area (Å²) < 4.78 is 25.9. The predicted octanol–water partition coefficient (Wildman–Crippen LogP) is 3.40. The minimum Gasteiger partial charge on any atom is -0.493 e. The van der Waals surface area contributed by atoms with Crippen molar-refractivity contribution in [3.8, 4) is 29.1 Å². The largest absolute Gasteiger partial charge is 0.493 e. The molecule has 0 N–H and O–H groups in total. The number of carbonyl (C=O) groups excluding carboxylic acids is 2. The maximum atomic E-state index is 12.5. The number of esters is 2. The highest BCUT2D eigenvalue weighted by molar-refractivity contribution is 5.98. The monoisotopic (exact) mass is 411 g/mol. The Hall–Kier alpha value is -3.99. The minimum atomic E-state index is -0.720. The summed E-state index contributed by atoms with van der Waals surface area (Å²) in [5, 5.41) is 9.15. The standard InChI is InChI=1S/C22H21NO7/c1-5-29-21(24)16(13-23)10-14-6-8-18(19(11-14)27-3)30-22(25)15-7-9-17(26-2)20(12-15)28-4/h6-12H,5H2,1-4H3. The lowest BCUT2D eigenvalue weighted by atomic mass is 10.1. The first-order chi connectivity index (χ1) is 14.5. The molecule has 0 bridgehead atoms. The van der Waals surface area contributed by atoms with Crippen LogP contribution in [0.5, 0.6) is 23.0 Å². The lowest BCUT2D eigenvalue weighted by molar-refractivity contribution is -0.137. The maximum absolute atomic E-state index is 12.5. The average Bonchev–Trinajstić information content (AvgIpc) is 2.77. The Morgan fingerprint density at radius 1 is 0.933 bits per heavy atom. The van der Waals surface area contributed by atoms with Crippen LogP contribution >= 0.6 is 0 Å². The van der Waals surface area contributed by atoms with Gasteiger partial charge in [-0.25, -0.2) is 9.59 Å². The zero-order chi connectivity index (χ0) is 22.1. The smallest absolute Gasteiger partial charge is 0.348 e. The van der Waals surface area contributed by atoms with E-state index in [1.54, 1.807) is 31.2 Å². The van der Waals surface area contributed by atoms with Crippen molar-refractivity contribution < 1.29 is 33.3 Å². The highest BCUT2D eigenvalue weighted by Gasteiger charge is 2.16. The average molecular weight is 411 g/mol. The molecule has 0 saturated carbocycles. The van der Waals surface area contributed by atoms with Gasteiger partial charge < -0.3 is 23.7 Å². The van der Waals surface area contributed by atoms with Gasteiger partial charge >= 0.3 is 11.9 Å². The molecule has 0 radical (unpaired) electrons. The zero-order valence-electron chi connectivity index (χ0n) is 17.1. The molecular weight excluding hydrogens is 390 g/mol. The second-order valence-corrected chi connectivity index (χ2v) is 5.76. The van der Waals surface area contributed by atoms with Gasteiger partial charge in [0, 0.05) is 0 Å². The van der Waals surface area contributed by atoms with Gasteiger partial charge in [0.1, 0.15) is 11.6 Å². The van der Waals surface area contributed by atoms with Gasteiger partial charge in [-0.15, -0.1) is 0 Å². The molecule has 0 aromatic heterocycles. The minimum absolute atomic E-state index is 0.158. The fourth-order valence-corrected chi connectivity index (χ4v) is 2.49. The fourth-order valence-electron chi connectivity index (χ4n) is 2.49. The molecule has 2 aromatic carbocycles. The second kappa shape index (κ2) is 10.5. The molecule has 2 aromatic rings. The van der Waals surface area contributed by atoms with Gasteiger partial charge in [-0.1, -0.05) is 6.07 Å². The Balaban J connectivity index is 2.28. The van der Waals surface area contributed by atoms with E-state index < -0.39 is 11.9 Å². The lowest BCUT2D eigenvalue weighted by Crippen LogP contribution is -2.10. The van der Waals surface area contributed by atoms with Crippen LogP contribution in [0, 0.1) is 11.3 Å². The highest BCUT2D eigenvalue weighted by Crippen LogP contribution is 2.31. The van der Waals surface area contributed by atoms with E-state index in [1.165, 1.54) is 45.6 Å². The summed E-state index contributed by atoms with van der Waals surface area (Å²) in [6, 6.07) is 11.1. The fraction of sp³-hybridized carbons (Fsp3) is 0.227. The summed E-state index contributed by atoms with van der Waals surface area (Å²) in [6.07, 6.45) is 1.36. The summed E-state index contributed by atoms with van der Waals surface area (Å²) >= 11 is 0. The van der Waals surface area contributed by atoms with E-state index >= 15 is 0 Å². The summed E-state index contributed by atoms with van der Waals surface area (Å²) in [6.45, 7) is 1.81. The Bertz CT molecular complexity index is 1010. The Morgan fingerprint density at radius 2 is 1.57 bits per heavy atom. The summed E-state index contributed by atoms with van der Waals surface area (Å²) in [5.74, 6) is -0.0485. The van der Waals surface area contributed by atoms with Gasteiger partial charge in [0.15, 0.2) is 23.0 Å². The lowest BCUT2D eigenvalue weighted by Gasteiger charge is -2.12. The number of hydrogen-bond donors (Lipinski definition) is 0. The molecule has 156 valence electrons. The van der Waals surface area contributed by atoms with E-state index in [9.17, 15) is 9.59 Å². The van der Waals surface area contributed by atoms with Gasteiger partial charge in [-0.05, 0) is 48.9 Å². The Kier molecular flexibility index (Phi) is 7.82. The SMILES string of the molecule is CCOC(=O)C(C#N)=Cc1ccc(OC(=O)c2ccc(OC)c(OC)c2)c(OC)c1. The van der Waals surface area contributed by atoms with Crippen LogP contribution in [0.2, 0.25) is 0 Å². The van der Waals surface area contributed by atoms with Crippen LogP contribution in [-0.2, 0) is 9.53 Å². The van der Waals surface area contributed by atoms with E-state index in [0.717, 1.165) is 0 Å².